The highest BCUT2D eigenvalue weighted by Gasteiger charge is 2.13. The van der Waals surface area contributed by atoms with Crippen LogP contribution in [0.1, 0.15) is 33.6 Å². The van der Waals surface area contributed by atoms with Crippen molar-refractivity contribution in [2.45, 2.75) is 33.6 Å². The van der Waals surface area contributed by atoms with Crippen molar-refractivity contribution < 1.29 is 0 Å². The summed E-state index contributed by atoms with van der Waals surface area (Å²) in [5.74, 6) is 0.678. The molecule has 0 radical (unpaired) electrons. The van der Waals surface area contributed by atoms with E-state index < -0.39 is 0 Å². The van der Waals surface area contributed by atoms with E-state index in [1.54, 1.807) is 6.08 Å². The Morgan fingerprint density at radius 2 is 2.06 bits per heavy atom. The SMILES string of the molecule is C=C/C(N)=C\C=C(/C)C1CCCNC1.CC. The molecule has 0 aromatic carbocycles. The molecule has 0 aromatic heterocycles. The van der Waals surface area contributed by atoms with Crippen LogP contribution in [-0.2, 0) is 0 Å². The summed E-state index contributed by atoms with van der Waals surface area (Å²) in [4.78, 5) is 0. The molecule has 1 heterocycles. The van der Waals surface area contributed by atoms with Gasteiger partial charge in [0.2, 0.25) is 0 Å². The minimum atomic E-state index is 0.678. The summed E-state index contributed by atoms with van der Waals surface area (Å²) in [6.07, 6.45) is 8.27. The molecule has 0 spiro atoms. The lowest BCUT2D eigenvalue weighted by Gasteiger charge is -2.23. The van der Waals surface area contributed by atoms with E-state index in [2.05, 4.69) is 24.9 Å². The summed E-state index contributed by atoms with van der Waals surface area (Å²) >= 11 is 0. The van der Waals surface area contributed by atoms with Crippen molar-refractivity contribution in [3.63, 3.8) is 0 Å². The molecule has 0 amide bonds. The van der Waals surface area contributed by atoms with Crippen LogP contribution in [0.15, 0.2) is 36.1 Å². The van der Waals surface area contributed by atoms with Crippen LogP contribution in [0, 0.1) is 5.92 Å². The average Bonchev–Trinajstić information content (AvgIpc) is 2.38. The van der Waals surface area contributed by atoms with Crippen molar-refractivity contribution >= 4 is 0 Å². The van der Waals surface area contributed by atoms with E-state index in [0.29, 0.717) is 5.92 Å². The largest absolute Gasteiger partial charge is 0.399 e. The number of rotatable bonds is 3. The normalized spacial score (nSPS) is 22.1. The maximum Gasteiger partial charge on any atom is 0.0308 e. The van der Waals surface area contributed by atoms with Crippen LogP contribution in [0.3, 0.4) is 0 Å². The van der Waals surface area contributed by atoms with Crippen molar-refractivity contribution in [2.24, 2.45) is 11.7 Å². The molecule has 2 heteroatoms. The fraction of sp³-hybridized carbons (Fsp3) is 0.571. The Bertz CT molecular complexity index is 245. The molecule has 1 atom stereocenters. The second-order valence-electron chi connectivity index (χ2n) is 3.82. The summed E-state index contributed by atoms with van der Waals surface area (Å²) in [6, 6.07) is 0. The van der Waals surface area contributed by atoms with Gasteiger partial charge in [-0.15, -0.1) is 0 Å². The molecule has 1 fully saturated rings. The summed E-state index contributed by atoms with van der Waals surface area (Å²) in [5, 5.41) is 3.40. The minimum absolute atomic E-state index is 0.678. The second-order valence-corrected chi connectivity index (χ2v) is 3.82. The quantitative estimate of drug-likeness (QED) is 0.720. The van der Waals surface area contributed by atoms with Gasteiger partial charge in [-0.25, -0.2) is 0 Å². The van der Waals surface area contributed by atoms with Gasteiger partial charge in [-0.3, -0.25) is 0 Å². The third kappa shape index (κ3) is 5.76. The van der Waals surface area contributed by atoms with Crippen LogP contribution in [-0.4, -0.2) is 13.1 Å². The van der Waals surface area contributed by atoms with Gasteiger partial charge in [-0.2, -0.15) is 0 Å². The molecule has 1 saturated heterocycles. The first-order chi connectivity index (χ1) is 7.74. The molecule has 1 rings (SSSR count). The van der Waals surface area contributed by atoms with E-state index in [0.717, 1.165) is 18.8 Å². The maximum absolute atomic E-state index is 5.63. The van der Waals surface area contributed by atoms with Gasteiger partial charge in [-0.05, 0) is 44.4 Å². The van der Waals surface area contributed by atoms with Crippen molar-refractivity contribution in [1.29, 1.82) is 0 Å². The Hall–Kier alpha value is -1.02. The topological polar surface area (TPSA) is 38.0 Å². The average molecular weight is 222 g/mol. The molecule has 1 aliphatic rings. The predicted molar refractivity (Wildman–Crippen MR) is 73.2 cm³/mol. The number of hydrogen-bond acceptors (Lipinski definition) is 2. The van der Waals surface area contributed by atoms with Gasteiger partial charge in [0.15, 0.2) is 0 Å². The van der Waals surface area contributed by atoms with Gasteiger partial charge in [0.05, 0.1) is 0 Å². The smallest absolute Gasteiger partial charge is 0.0308 e. The summed E-state index contributed by atoms with van der Waals surface area (Å²) < 4.78 is 0. The molecule has 1 aliphatic heterocycles. The van der Waals surface area contributed by atoms with Gasteiger partial charge in [-0.1, -0.05) is 32.1 Å². The number of hydrogen-bond donors (Lipinski definition) is 2. The number of piperidine rings is 1. The minimum Gasteiger partial charge on any atom is -0.399 e. The van der Waals surface area contributed by atoms with E-state index in [1.165, 1.54) is 18.4 Å². The number of allylic oxidation sites excluding steroid dienone is 3. The zero-order valence-corrected chi connectivity index (χ0v) is 10.9. The summed E-state index contributed by atoms with van der Waals surface area (Å²) in [6.45, 7) is 12.0. The molecule has 92 valence electrons. The fourth-order valence-corrected chi connectivity index (χ4v) is 1.67. The Kier molecular flexibility index (Phi) is 8.64. The van der Waals surface area contributed by atoms with Gasteiger partial charge in [0.1, 0.15) is 0 Å². The standard InChI is InChI=1S/C12H20N2.C2H6/c1-3-12(13)7-6-10(2)11-5-4-8-14-9-11;1-2/h3,6-7,11,14H,1,4-5,8-9,13H2,2H3;1-2H3/b10-6+,12-7+;. The molecule has 0 aromatic rings. The first-order valence-electron chi connectivity index (χ1n) is 6.21. The van der Waals surface area contributed by atoms with Gasteiger partial charge >= 0.3 is 0 Å². The summed E-state index contributed by atoms with van der Waals surface area (Å²) in [5.41, 5.74) is 7.77. The third-order valence-corrected chi connectivity index (χ3v) is 2.72. The van der Waals surface area contributed by atoms with Gasteiger partial charge < -0.3 is 11.1 Å². The van der Waals surface area contributed by atoms with Crippen LogP contribution >= 0.6 is 0 Å². The predicted octanol–water partition coefficient (Wildman–Crippen LogP) is 2.99. The first-order valence-corrected chi connectivity index (χ1v) is 6.21. The zero-order chi connectivity index (χ0) is 12.4. The molecule has 1 unspecified atom stereocenters. The highest BCUT2D eigenvalue weighted by atomic mass is 14.9. The van der Waals surface area contributed by atoms with Crippen LogP contribution in [0.4, 0.5) is 0 Å². The van der Waals surface area contributed by atoms with Gasteiger partial charge in [0, 0.05) is 12.2 Å². The lowest BCUT2D eigenvalue weighted by molar-refractivity contribution is 0.422. The van der Waals surface area contributed by atoms with E-state index in [9.17, 15) is 0 Å². The van der Waals surface area contributed by atoms with E-state index in [-0.39, 0.29) is 0 Å². The Balaban J connectivity index is 0.00000106. The molecular weight excluding hydrogens is 196 g/mol. The third-order valence-electron chi connectivity index (χ3n) is 2.72. The first kappa shape index (κ1) is 15.0. The molecular formula is C14H26N2. The monoisotopic (exact) mass is 222 g/mol. The van der Waals surface area contributed by atoms with Crippen molar-refractivity contribution in [1.82, 2.24) is 5.32 Å². The van der Waals surface area contributed by atoms with Crippen LogP contribution in [0.2, 0.25) is 0 Å². The molecule has 3 N–H and O–H groups in total. The lowest BCUT2D eigenvalue weighted by Crippen LogP contribution is -2.30. The second kappa shape index (κ2) is 9.22. The van der Waals surface area contributed by atoms with Crippen LogP contribution in [0.25, 0.3) is 0 Å². The lowest BCUT2D eigenvalue weighted by atomic mass is 9.92. The van der Waals surface area contributed by atoms with Crippen molar-refractivity contribution in [3.05, 3.63) is 36.1 Å². The van der Waals surface area contributed by atoms with Crippen LogP contribution in [0.5, 0.6) is 0 Å². The van der Waals surface area contributed by atoms with Gasteiger partial charge in [0.25, 0.3) is 0 Å². The molecule has 0 aliphatic carbocycles. The summed E-state index contributed by atoms with van der Waals surface area (Å²) in [7, 11) is 0. The molecule has 2 nitrogen and oxygen atoms in total. The highest BCUT2D eigenvalue weighted by molar-refractivity contribution is 5.22. The van der Waals surface area contributed by atoms with Crippen LogP contribution < -0.4 is 11.1 Å². The molecule has 16 heavy (non-hydrogen) atoms. The van der Waals surface area contributed by atoms with E-state index in [1.807, 2.05) is 19.9 Å². The Morgan fingerprint density at radius 3 is 2.56 bits per heavy atom. The van der Waals surface area contributed by atoms with Crippen molar-refractivity contribution in [3.8, 4) is 0 Å². The van der Waals surface area contributed by atoms with Crippen molar-refractivity contribution in [2.75, 3.05) is 13.1 Å². The molecule has 0 bridgehead atoms. The number of nitrogens with one attached hydrogen (secondary N) is 1. The molecule has 0 saturated carbocycles. The Morgan fingerprint density at radius 1 is 1.38 bits per heavy atom. The zero-order valence-electron chi connectivity index (χ0n) is 10.9. The fourth-order valence-electron chi connectivity index (χ4n) is 1.67. The highest BCUT2D eigenvalue weighted by Crippen LogP contribution is 2.18. The number of nitrogens with two attached hydrogens (primary N) is 1. The van der Waals surface area contributed by atoms with E-state index >= 15 is 0 Å². The van der Waals surface area contributed by atoms with E-state index in [4.69, 9.17) is 5.73 Å². The maximum atomic E-state index is 5.63. The Labute approximate surface area is 100 Å².